The molecule has 0 aliphatic carbocycles. The summed E-state index contributed by atoms with van der Waals surface area (Å²) in [6.07, 6.45) is 0. The Bertz CT molecular complexity index is 511. The van der Waals surface area contributed by atoms with E-state index in [0.717, 1.165) is 27.4 Å². The van der Waals surface area contributed by atoms with Crippen LogP contribution in [-0.4, -0.2) is 17.3 Å². The minimum Gasteiger partial charge on any atom is -0.314 e. The molecule has 3 nitrogen and oxygen atoms in total. The summed E-state index contributed by atoms with van der Waals surface area (Å²) in [7, 11) is 1.66. The van der Waals surface area contributed by atoms with E-state index in [1.54, 1.807) is 7.11 Å². The first-order valence-electron chi connectivity index (χ1n) is 5.32. The Hall–Kier alpha value is -1.39. The fourth-order valence-corrected chi connectivity index (χ4v) is 1.90. The molecule has 0 spiro atoms. The van der Waals surface area contributed by atoms with Crippen molar-refractivity contribution in [2.45, 2.75) is 18.7 Å². The van der Waals surface area contributed by atoms with Crippen LogP contribution in [0.2, 0.25) is 0 Å². The average molecular weight is 246 g/mol. The van der Waals surface area contributed by atoms with Gasteiger partial charge in [-0.1, -0.05) is 12.1 Å². The van der Waals surface area contributed by atoms with Gasteiger partial charge >= 0.3 is 0 Å². The molecule has 0 saturated carbocycles. The van der Waals surface area contributed by atoms with Gasteiger partial charge < -0.3 is 4.18 Å². The Morgan fingerprint density at radius 1 is 1.06 bits per heavy atom. The van der Waals surface area contributed by atoms with Crippen LogP contribution in [0.15, 0.2) is 35.2 Å². The van der Waals surface area contributed by atoms with Gasteiger partial charge in [0.25, 0.3) is 0 Å². The van der Waals surface area contributed by atoms with Crippen molar-refractivity contribution in [2.75, 3.05) is 7.11 Å². The fourth-order valence-electron chi connectivity index (χ4n) is 1.46. The molecule has 0 atom stereocenters. The van der Waals surface area contributed by atoms with Crippen molar-refractivity contribution < 1.29 is 4.18 Å². The summed E-state index contributed by atoms with van der Waals surface area (Å²) in [5, 5.41) is 8.33. The Morgan fingerprint density at radius 2 is 1.76 bits per heavy atom. The lowest BCUT2D eigenvalue weighted by Crippen LogP contribution is -1.93. The summed E-state index contributed by atoms with van der Waals surface area (Å²) in [4.78, 5) is 1.08. The van der Waals surface area contributed by atoms with Crippen molar-refractivity contribution in [1.29, 1.82) is 0 Å². The minimum atomic E-state index is 0.905. The highest BCUT2D eigenvalue weighted by Gasteiger charge is 2.03. The van der Waals surface area contributed by atoms with Crippen molar-refractivity contribution in [2.24, 2.45) is 0 Å². The summed E-state index contributed by atoms with van der Waals surface area (Å²) >= 11 is 1.35. The van der Waals surface area contributed by atoms with Crippen LogP contribution in [0.25, 0.3) is 11.3 Å². The monoisotopic (exact) mass is 246 g/mol. The molecule has 17 heavy (non-hydrogen) atoms. The molecule has 1 aromatic heterocycles. The highest BCUT2D eigenvalue weighted by molar-refractivity contribution is 7.94. The lowest BCUT2D eigenvalue weighted by atomic mass is 10.1. The van der Waals surface area contributed by atoms with Crippen LogP contribution in [0.5, 0.6) is 0 Å². The predicted octanol–water partition coefficient (Wildman–Crippen LogP) is 3.41. The Balaban J connectivity index is 2.30. The van der Waals surface area contributed by atoms with Gasteiger partial charge in [-0.15, -0.1) is 0 Å². The van der Waals surface area contributed by atoms with E-state index >= 15 is 0 Å². The van der Waals surface area contributed by atoms with E-state index in [-0.39, 0.29) is 0 Å². The number of aromatic nitrogens is 2. The summed E-state index contributed by atoms with van der Waals surface area (Å²) in [5.74, 6) is 0. The van der Waals surface area contributed by atoms with E-state index in [0.29, 0.717) is 0 Å². The first-order valence-corrected chi connectivity index (χ1v) is 6.07. The van der Waals surface area contributed by atoms with Gasteiger partial charge in [0.05, 0.1) is 18.5 Å². The maximum atomic E-state index is 5.00. The van der Waals surface area contributed by atoms with Crippen molar-refractivity contribution >= 4 is 12.0 Å². The summed E-state index contributed by atoms with van der Waals surface area (Å²) < 4.78 is 5.00. The van der Waals surface area contributed by atoms with Gasteiger partial charge in [0.15, 0.2) is 0 Å². The molecule has 0 N–H and O–H groups in total. The molecule has 4 heteroatoms. The highest BCUT2D eigenvalue weighted by Crippen LogP contribution is 2.23. The Kier molecular flexibility index (Phi) is 3.76. The van der Waals surface area contributed by atoms with Gasteiger partial charge in [0.2, 0.25) is 0 Å². The SMILES string of the molecule is COSc1ccc(-c2cc(C)c(C)nn2)cc1. The number of nitrogens with zero attached hydrogens (tertiary/aromatic N) is 2. The van der Waals surface area contributed by atoms with Crippen LogP contribution in [-0.2, 0) is 4.18 Å². The first-order chi connectivity index (χ1) is 8.20. The van der Waals surface area contributed by atoms with Crippen LogP contribution >= 0.6 is 12.0 Å². The molecular weight excluding hydrogens is 232 g/mol. The van der Waals surface area contributed by atoms with E-state index in [1.807, 2.05) is 38.1 Å². The van der Waals surface area contributed by atoms with E-state index in [2.05, 4.69) is 16.3 Å². The second-order valence-electron chi connectivity index (χ2n) is 3.77. The average Bonchev–Trinajstić information content (AvgIpc) is 2.34. The summed E-state index contributed by atoms with van der Waals surface area (Å²) in [5.41, 5.74) is 4.11. The zero-order valence-corrected chi connectivity index (χ0v) is 10.9. The number of benzene rings is 1. The van der Waals surface area contributed by atoms with E-state index < -0.39 is 0 Å². The zero-order valence-electron chi connectivity index (χ0n) is 10.1. The van der Waals surface area contributed by atoms with E-state index in [1.165, 1.54) is 12.0 Å². The second kappa shape index (κ2) is 5.29. The summed E-state index contributed by atoms with van der Waals surface area (Å²) in [6.45, 7) is 4.01. The van der Waals surface area contributed by atoms with Crippen LogP contribution in [0.1, 0.15) is 11.3 Å². The van der Waals surface area contributed by atoms with Crippen molar-refractivity contribution in [3.05, 3.63) is 41.6 Å². The smallest absolute Gasteiger partial charge is 0.0932 e. The van der Waals surface area contributed by atoms with Crippen LogP contribution in [0, 0.1) is 13.8 Å². The molecule has 2 rings (SSSR count). The van der Waals surface area contributed by atoms with E-state index in [4.69, 9.17) is 4.18 Å². The second-order valence-corrected chi connectivity index (χ2v) is 4.74. The van der Waals surface area contributed by atoms with Gasteiger partial charge in [0.1, 0.15) is 0 Å². The maximum absolute atomic E-state index is 5.00. The van der Waals surface area contributed by atoms with Gasteiger partial charge in [-0.2, -0.15) is 10.2 Å². The standard InChI is InChI=1S/C13H14N2OS/c1-9-8-13(15-14-10(9)2)11-4-6-12(7-5-11)17-16-3/h4-8H,1-3H3. The third-order valence-corrected chi connectivity index (χ3v) is 3.19. The molecule has 0 radical (unpaired) electrons. The minimum absolute atomic E-state index is 0.905. The molecule has 0 saturated heterocycles. The number of aryl methyl sites for hydroxylation is 2. The van der Waals surface area contributed by atoms with Crippen molar-refractivity contribution in [3.8, 4) is 11.3 Å². The van der Waals surface area contributed by atoms with Crippen molar-refractivity contribution in [3.63, 3.8) is 0 Å². The molecule has 0 aliphatic heterocycles. The highest BCUT2D eigenvalue weighted by atomic mass is 32.2. The molecule has 1 aromatic carbocycles. The lowest BCUT2D eigenvalue weighted by molar-refractivity contribution is 0.490. The van der Waals surface area contributed by atoms with Crippen LogP contribution in [0.3, 0.4) is 0 Å². The van der Waals surface area contributed by atoms with E-state index in [9.17, 15) is 0 Å². The predicted molar refractivity (Wildman–Crippen MR) is 69.8 cm³/mol. The van der Waals surface area contributed by atoms with Crippen molar-refractivity contribution in [1.82, 2.24) is 10.2 Å². The molecule has 1 heterocycles. The van der Waals surface area contributed by atoms with Gasteiger partial charge in [-0.05, 0) is 37.6 Å². The Morgan fingerprint density at radius 3 is 2.35 bits per heavy atom. The normalized spacial score (nSPS) is 10.5. The zero-order chi connectivity index (χ0) is 12.3. The molecule has 0 unspecified atom stereocenters. The lowest BCUT2D eigenvalue weighted by Gasteiger charge is -2.04. The molecule has 0 amide bonds. The quantitative estimate of drug-likeness (QED) is 0.777. The summed E-state index contributed by atoms with van der Waals surface area (Å²) in [6, 6.07) is 10.1. The maximum Gasteiger partial charge on any atom is 0.0932 e. The fraction of sp³-hybridized carbons (Fsp3) is 0.231. The topological polar surface area (TPSA) is 35.0 Å². The van der Waals surface area contributed by atoms with Crippen LogP contribution < -0.4 is 0 Å². The molecule has 88 valence electrons. The van der Waals surface area contributed by atoms with Crippen LogP contribution in [0.4, 0.5) is 0 Å². The molecule has 2 aromatic rings. The van der Waals surface area contributed by atoms with Gasteiger partial charge in [0, 0.05) is 22.5 Å². The Labute approximate surface area is 105 Å². The molecule has 0 bridgehead atoms. The molecular formula is C13H14N2OS. The van der Waals surface area contributed by atoms with Gasteiger partial charge in [-0.3, -0.25) is 0 Å². The molecule has 0 fully saturated rings. The third kappa shape index (κ3) is 2.84. The first kappa shape index (κ1) is 12.1. The number of rotatable bonds is 3. The largest absolute Gasteiger partial charge is 0.314 e. The number of hydrogen-bond acceptors (Lipinski definition) is 4. The number of hydrogen-bond donors (Lipinski definition) is 0. The molecule has 0 aliphatic rings. The van der Waals surface area contributed by atoms with Gasteiger partial charge in [-0.25, -0.2) is 0 Å². The third-order valence-electron chi connectivity index (χ3n) is 2.56.